The topological polar surface area (TPSA) is 6.48 Å². The number of hydrogen-bond acceptors (Lipinski definition) is 2. The zero-order chi connectivity index (χ0) is 14.5. The van der Waals surface area contributed by atoms with Gasteiger partial charge in [0.1, 0.15) is 5.82 Å². The summed E-state index contributed by atoms with van der Waals surface area (Å²) in [4.78, 5) is 4.86. The molecule has 0 bridgehead atoms. The molecule has 112 valence electrons. The normalized spacial score (nSPS) is 17.9. The summed E-state index contributed by atoms with van der Waals surface area (Å²) in [5.74, 6) is 0.336. The van der Waals surface area contributed by atoms with Gasteiger partial charge in [0.25, 0.3) is 0 Å². The Kier molecular flexibility index (Phi) is 5.55. The smallest absolute Gasteiger partial charge is 0.127 e. The zero-order valence-corrected chi connectivity index (χ0v) is 13.0. The molecule has 1 aliphatic heterocycles. The molecule has 0 atom stereocenters. The summed E-state index contributed by atoms with van der Waals surface area (Å²) in [5.41, 5.74) is 1.91. The first-order valence-electron chi connectivity index (χ1n) is 7.83. The van der Waals surface area contributed by atoms with Gasteiger partial charge in [-0.2, -0.15) is 0 Å². The number of benzene rings is 1. The first-order valence-corrected chi connectivity index (χ1v) is 7.83. The van der Waals surface area contributed by atoms with Crippen LogP contribution in [0.1, 0.15) is 44.2 Å². The lowest BCUT2D eigenvalue weighted by Gasteiger charge is -2.34. The van der Waals surface area contributed by atoms with E-state index in [1.54, 1.807) is 6.07 Å². The molecular formula is C17H27FN2. The van der Waals surface area contributed by atoms with Gasteiger partial charge >= 0.3 is 0 Å². The highest BCUT2D eigenvalue weighted by Gasteiger charge is 2.17. The molecule has 2 nitrogen and oxygen atoms in total. The van der Waals surface area contributed by atoms with E-state index in [1.807, 2.05) is 6.07 Å². The molecule has 0 saturated carbocycles. The lowest BCUT2D eigenvalue weighted by molar-refractivity contribution is 0.126. The first-order chi connectivity index (χ1) is 9.60. The minimum atomic E-state index is -0.0489. The second kappa shape index (κ2) is 7.19. The van der Waals surface area contributed by atoms with Crippen LogP contribution in [0.25, 0.3) is 0 Å². The molecule has 1 aromatic carbocycles. The minimum absolute atomic E-state index is 0.0489. The summed E-state index contributed by atoms with van der Waals surface area (Å²) < 4.78 is 14.1. The Morgan fingerprint density at radius 2 is 1.75 bits per heavy atom. The maximum atomic E-state index is 14.1. The Hall–Kier alpha value is -0.930. The first kappa shape index (κ1) is 15.5. The summed E-state index contributed by atoms with van der Waals surface area (Å²) in [5, 5.41) is 0. The maximum absolute atomic E-state index is 14.1. The van der Waals surface area contributed by atoms with Crippen LogP contribution in [0.4, 0.5) is 4.39 Å². The van der Waals surface area contributed by atoms with Crippen LogP contribution in [0.15, 0.2) is 18.2 Å². The number of piperazine rings is 1. The van der Waals surface area contributed by atoms with Gasteiger partial charge in [0, 0.05) is 38.3 Å². The number of rotatable bonds is 5. The molecule has 0 N–H and O–H groups in total. The van der Waals surface area contributed by atoms with Crippen molar-refractivity contribution in [1.82, 2.24) is 9.80 Å². The fourth-order valence-corrected chi connectivity index (χ4v) is 2.78. The highest BCUT2D eigenvalue weighted by atomic mass is 19.1. The Bertz CT molecular complexity index is 423. The van der Waals surface area contributed by atoms with Crippen LogP contribution in [0.2, 0.25) is 0 Å². The molecular weight excluding hydrogens is 251 g/mol. The molecule has 0 aromatic heterocycles. The molecule has 0 unspecified atom stereocenters. The van der Waals surface area contributed by atoms with E-state index in [-0.39, 0.29) is 5.82 Å². The number of hydrogen-bond donors (Lipinski definition) is 0. The van der Waals surface area contributed by atoms with E-state index in [4.69, 9.17) is 0 Å². The van der Waals surface area contributed by atoms with E-state index in [1.165, 1.54) is 13.0 Å². The Balaban J connectivity index is 1.91. The van der Waals surface area contributed by atoms with Crippen molar-refractivity contribution in [3.05, 3.63) is 35.1 Å². The van der Waals surface area contributed by atoms with Crippen molar-refractivity contribution in [2.45, 2.75) is 39.7 Å². The largest absolute Gasteiger partial charge is 0.301 e. The number of nitrogens with zero attached hydrogens (tertiary/aromatic N) is 2. The van der Waals surface area contributed by atoms with Crippen molar-refractivity contribution in [2.24, 2.45) is 0 Å². The van der Waals surface area contributed by atoms with E-state index in [0.29, 0.717) is 5.92 Å². The van der Waals surface area contributed by atoms with Gasteiger partial charge in [0.2, 0.25) is 0 Å². The molecule has 1 heterocycles. The predicted octanol–water partition coefficient (Wildman–Crippen LogP) is 3.48. The van der Waals surface area contributed by atoms with Crippen molar-refractivity contribution in [2.75, 3.05) is 32.7 Å². The van der Waals surface area contributed by atoms with E-state index in [9.17, 15) is 4.39 Å². The van der Waals surface area contributed by atoms with Crippen molar-refractivity contribution < 1.29 is 4.39 Å². The molecule has 20 heavy (non-hydrogen) atoms. The molecule has 1 fully saturated rings. The standard InChI is InChI=1S/C17H27FN2/c1-4-7-19-8-10-20(11-9-19)13-16-6-5-15(14(2)3)12-17(16)18/h5-6,12,14H,4,7-11,13H2,1-3H3. The summed E-state index contributed by atoms with van der Waals surface area (Å²) in [6, 6.07) is 5.73. The predicted molar refractivity (Wildman–Crippen MR) is 82.5 cm³/mol. The van der Waals surface area contributed by atoms with Crippen molar-refractivity contribution >= 4 is 0 Å². The molecule has 1 saturated heterocycles. The minimum Gasteiger partial charge on any atom is -0.301 e. The van der Waals surface area contributed by atoms with Crippen LogP contribution in [0, 0.1) is 5.82 Å². The summed E-state index contributed by atoms with van der Waals surface area (Å²) in [6.45, 7) is 12.7. The van der Waals surface area contributed by atoms with Gasteiger partial charge in [0.15, 0.2) is 0 Å². The van der Waals surface area contributed by atoms with E-state index in [0.717, 1.165) is 43.9 Å². The quantitative estimate of drug-likeness (QED) is 0.813. The van der Waals surface area contributed by atoms with Crippen molar-refractivity contribution in [3.8, 4) is 0 Å². The monoisotopic (exact) mass is 278 g/mol. The fourth-order valence-electron chi connectivity index (χ4n) is 2.78. The summed E-state index contributed by atoms with van der Waals surface area (Å²) >= 11 is 0. The Morgan fingerprint density at radius 3 is 2.30 bits per heavy atom. The zero-order valence-electron chi connectivity index (χ0n) is 13.0. The summed E-state index contributed by atoms with van der Waals surface area (Å²) in [6.07, 6.45) is 1.21. The van der Waals surface area contributed by atoms with Gasteiger partial charge in [-0.1, -0.05) is 32.9 Å². The van der Waals surface area contributed by atoms with Crippen molar-refractivity contribution in [3.63, 3.8) is 0 Å². The lowest BCUT2D eigenvalue weighted by atomic mass is 10.0. The molecule has 0 amide bonds. The van der Waals surface area contributed by atoms with E-state index in [2.05, 4.69) is 36.6 Å². The van der Waals surface area contributed by atoms with E-state index < -0.39 is 0 Å². The molecule has 2 rings (SSSR count). The van der Waals surface area contributed by atoms with Crippen LogP contribution in [-0.4, -0.2) is 42.5 Å². The van der Waals surface area contributed by atoms with Crippen LogP contribution in [0.5, 0.6) is 0 Å². The third kappa shape index (κ3) is 4.03. The third-order valence-corrected chi connectivity index (χ3v) is 4.14. The molecule has 3 heteroatoms. The summed E-state index contributed by atoms with van der Waals surface area (Å²) in [7, 11) is 0. The van der Waals surface area contributed by atoms with Gasteiger partial charge < -0.3 is 4.90 Å². The average Bonchev–Trinajstić information content (AvgIpc) is 2.43. The Morgan fingerprint density at radius 1 is 1.10 bits per heavy atom. The van der Waals surface area contributed by atoms with E-state index >= 15 is 0 Å². The second-order valence-electron chi connectivity index (χ2n) is 6.12. The van der Waals surface area contributed by atoms with Crippen molar-refractivity contribution in [1.29, 1.82) is 0 Å². The molecule has 1 aliphatic rings. The Labute approximate surface area is 122 Å². The average molecular weight is 278 g/mol. The molecule has 0 radical (unpaired) electrons. The van der Waals surface area contributed by atoms with Crippen LogP contribution >= 0.6 is 0 Å². The van der Waals surface area contributed by atoms with Gasteiger partial charge in [-0.05, 0) is 30.5 Å². The van der Waals surface area contributed by atoms with Crippen LogP contribution < -0.4 is 0 Å². The van der Waals surface area contributed by atoms with Gasteiger partial charge in [-0.3, -0.25) is 4.90 Å². The van der Waals surface area contributed by atoms with Crippen LogP contribution in [-0.2, 0) is 6.54 Å². The SMILES string of the molecule is CCCN1CCN(Cc2ccc(C(C)C)cc2F)CC1. The van der Waals surface area contributed by atoms with Gasteiger partial charge in [0.05, 0.1) is 0 Å². The van der Waals surface area contributed by atoms with Crippen LogP contribution in [0.3, 0.4) is 0 Å². The highest BCUT2D eigenvalue weighted by molar-refractivity contribution is 5.26. The molecule has 1 aromatic rings. The second-order valence-corrected chi connectivity index (χ2v) is 6.12. The maximum Gasteiger partial charge on any atom is 0.127 e. The molecule has 0 spiro atoms. The van der Waals surface area contributed by atoms with Gasteiger partial charge in [-0.15, -0.1) is 0 Å². The fraction of sp³-hybridized carbons (Fsp3) is 0.647. The molecule has 0 aliphatic carbocycles. The highest BCUT2D eigenvalue weighted by Crippen LogP contribution is 2.19. The van der Waals surface area contributed by atoms with Gasteiger partial charge in [-0.25, -0.2) is 4.39 Å². The number of halogens is 1. The lowest BCUT2D eigenvalue weighted by Crippen LogP contribution is -2.46. The third-order valence-electron chi connectivity index (χ3n) is 4.14.